The van der Waals surface area contributed by atoms with Crippen molar-refractivity contribution in [2.75, 3.05) is 25.5 Å². The summed E-state index contributed by atoms with van der Waals surface area (Å²) in [6.45, 7) is 0.352. The van der Waals surface area contributed by atoms with E-state index in [1.54, 1.807) is 18.2 Å². The van der Waals surface area contributed by atoms with Gasteiger partial charge in [0.2, 0.25) is 18.5 Å². The standard InChI is InChI=1S/C45H42Cl5NO19/c1-23(52)18-19-28(53)63-33-34(65-38(56)24-12-6-3-7-13-24)37(67-40(58)26-16-10-5-11-17-26)43(69-35(33)41(59)60-2)68-32-31(64-30(55)21-47)27(22-61-29(54)20-46)62-42(70-44(51)45(48,49)50)36(32)66-39(57)25-14-8-4-9-15-25/h3-17,27,31-37,42-43,51H,18-22H2,1-2H3/t27-,31+,32+,33+,34+,35+,36-,37-,42-,43-/m1/s1. The maximum atomic E-state index is 14.1. The van der Waals surface area contributed by atoms with E-state index in [4.69, 9.17) is 116 Å². The lowest BCUT2D eigenvalue weighted by Gasteiger charge is -2.48. The molecule has 5 rings (SSSR count). The lowest BCUT2D eigenvalue weighted by molar-refractivity contribution is -0.349. The number of halogens is 5. The van der Waals surface area contributed by atoms with Crippen molar-refractivity contribution in [1.82, 2.24) is 0 Å². The predicted molar refractivity (Wildman–Crippen MR) is 242 cm³/mol. The molecule has 376 valence electrons. The molecular weight excluding hydrogens is 1040 g/mol. The number of nitrogens with one attached hydrogen (secondary N) is 1. The first kappa shape index (κ1) is 55.3. The molecule has 0 amide bonds. The molecule has 2 saturated heterocycles. The molecule has 25 heteroatoms. The van der Waals surface area contributed by atoms with Gasteiger partial charge in [0.15, 0.2) is 36.6 Å². The van der Waals surface area contributed by atoms with E-state index in [0.717, 1.165) is 7.11 Å². The number of rotatable bonds is 19. The molecule has 70 heavy (non-hydrogen) atoms. The summed E-state index contributed by atoms with van der Waals surface area (Å²) < 4.78 is 61.4. The zero-order chi connectivity index (χ0) is 51.1. The van der Waals surface area contributed by atoms with E-state index in [-0.39, 0.29) is 23.1 Å². The van der Waals surface area contributed by atoms with E-state index in [2.05, 4.69) is 0 Å². The lowest BCUT2D eigenvalue weighted by Crippen LogP contribution is -2.68. The third-order valence-corrected chi connectivity index (χ3v) is 10.9. The SMILES string of the molecule is COC(=O)[C@H]1O[C@@H](O[C@H]2[C@@H](OC(=O)CCl)[C@@H](COC(=O)CCl)O[C@H](OC(=N)C(Cl)(Cl)Cl)[C@@H]2OC(=O)c2ccccc2)[C@H](OC(=O)c2ccccc2)[C@@H](OC(=O)c2ccccc2)[C@@H]1OC(=O)CCC(C)=O. The van der Waals surface area contributed by atoms with Crippen molar-refractivity contribution in [1.29, 1.82) is 5.41 Å². The molecule has 10 atom stereocenters. The predicted octanol–water partition coefficient (Wildman–Crippen LogP) is 5.25. The number of hydrogen-bond acceptors (Lipinski definition) is 20. The lowest BCUT2D eigenvalue weighted by atomic mass is 9.95. The molecule has 0 aliphatic carbocycles. The monoisotopic (exact) mass is 1080 g/mol. The number of carbonyl (C=O) groups is 8. The maximum absolute atomic E-state index is 14.1. The van der Waals surface area contributed by atoms with Crippen LogP contribution in [0.4, 0.5) is 0 Å². The van der Waals surface area contributed by atoms with E-state index >= 15 is 0 Å². The molecule has 0 bridgehead atoms. The first-order valence-corrected chi connectivity index (χ1v) is 22.9. The second-order valence-electron chi connectivity index (χ2n) is 14.8. The zero-order valence-electron chi connectivity index (χ0n) is 36.6. The smallest absolute Gasteiger partial charge is 0.339 e. The van der Waals surface area contributed by atoms with Crippen molar-refractivity contribution < 1.29 is 90.5 Å². The van der Waals surface area contributed by atoms with Crippen LogP contribution in [0.25, 0.3) is 0 Å². The zero-order valence-corrected chi connectivity index (χ0v) is 40.4. The fourth-order valence-corrected chi connectivity index (χ4v) is 6.94. The van der Waals surface area contributed by atoms with Crippen LogP contribution in [-0.4, -0.2) is 144 Å². The van der Waals surface area contributed by atoms with Crippen LogP contribution in [0.2, 0.25) is 0 Å². The Morgan fingerprint density at radius 3 is 1.49 bits per heavy atom. The quantitative estimate of drug-likeness (QED) is 0.0528. The highest BCUT2D eigenvalue weighted by Crippen LogP contribution is 2.38. The topological polar surface area (TPSA) is 262 Å². The van der Waals surface area contributed by atoms with Gasteiger partial charge in [0, 0.05) is 6.42 Å². The summed E-state index contributed by atoms with van der Waals surface area (Å²) in [5.74, 6) is -11.1. The molecule has 2 aliphatic rings. The Labute approximate surface area is 423 Å². The number of methoxy groups -OCH3 is 1. The van der Waals surface area contributed by atoms with Gasteiger partial charge in [0.1, 0.15) is 36.4 Å². The minimum Gasteiger partial charge on any atom is -0.467 e. The Morgan fingerprint density at radius 1 is 0.557 bits per heavy atom. The molecule has 0 saturated carbocycles. The number of ketones is 1. The van der Waals surface area contributed by atoms with Crippen LogP contribution in [0, 0.1) is 5.41 Å². The van der Waals surface area contributed by atoms with Crippen molar-refractivity contribution >= 4 is 111 Å². The van der Waals surface area contributed by atoms with Gasteiger partial charge >= 0.3 is 41.8 Å². The summed E-state index contributed by atoms with van der Waals surface area (Å²) in [5.41, 5.74) is -0.290. The van der Waals surface area contributed by atoms with E-state index in [1.807, 2.05) is 0 Å². The van der Waals surface area contributed by atoms with Gasteiger partial charge in [-0.05, 0) is 43.3 Å². The first-order chi connectivity index (χ1) is 33.3. The van der Waals surface area contributed by atoms with Gasteiger partial charge in [0.05, 0.1) is 30.2 Å². The minimum atomic E-state index is -2.61. The fraction of sp³-hybridized carbons (Fsp3) is 0.400. The Kier molecular flexibility index (Phi) is 20.6. The maximum Gasteiger partial charge on any atom is 0.339 e. The van der Waals surface area contributed by atoms with Crippen LogP contribution in [0.3, 0.4) is 0 Å². The molecule has 3 aromatic rings. The summed E-state index contributed by atoms with van der Waals surface area (Å²) in [5, 5.41) is 8.44. The van der Waals surface area contributed by atoms with E-state index < -0.39 is 143 Å². The van der Waals surface area contributed by atoms with Gasteiger partial charge in [-0.1, -0.05) is 89.4 Å². The number of benzene rings is 3. The molecule has 0 aromatic heterocycles. The normalized spacial score (nSPS) is 24.1. The average molecular weight is 1080 g/mol. The third-order valence-electron chi connectivity index (χ3n) is 9.90. The van der Waals surface area contributed by atoms with E-state index in [9.17, 15) is 38.4 Å². The molecule has 0 spiro atoms. The van der Waals surface area contributed by atoms with Crippen molar-refractivity contribution in [3.8, 4) is 0 Å². The highest BCUT2D eigenvalue weighted by Gasteiger charge is 2.60. The molecule has 1 N–H and O–H groups in total. The van der Waals surface area contributed by atoms with Crippen molar-refractivity contribution in [3.05, 3.63) is 108 Å². The highest BCUT2D eigenvalue weighted by atomic mass is 35.6. The summed E-state index contributed by atoms with van der Waals surface area (Å²) >= 11 is 29.6. The Balaban J connectivity index is 1.76. The number of Topliss-reactive ketones (excluding diaryl/α,β-unsaturated/α-hetero) is 1. The van der Waals surface area contributed by atoms with Gasteiger partial charge < -0.3 is 56.9 Å². The highest BCUT2D eigenvalue weighted by molar-refractivity contribution is 6.76. The molecule has 0 unspecified atom stereocenters. The Bertz CT molecular complexity index is 2340. The molecular formula is C45H42Cl5NO19. The van der Waals surface area contributed by atoms with Crippen LogP contribution in [0.1, 0.15) is 50.8 Å². The van der Waals surface area contributed by atoms with Crippen molar-refractivity contribution in [3.63, 3.8) is 0 Å². The Hall–Kier alpha value is -5.58. The van der Waals surface area contributed by atoms with Gasteiger partial charge in [0.25, 0.3) is 3.79 Å². The Morgan fingerprint density at radius 2 is 1.03 bits per heavy atom. The number of ether oxygens (including phenoxy) is 11. The summed E-state index contributed by atoms with van der Waals surface area (Å²) in [6.07, 6.45) is -21.8. The molecule has 2 heterocycles. The number of esters is 7. The van der Waals surface area contributed by atoms with Gasteiger partial charge in [-0.3, -0.25) is 19.8 Å². The molecule has 2 aliphatic heterocycles. The van der Waals surface area contributed by atoms with Gasteiger partial charge in [-0.25, -0.2) is 19.2 Å². The summed E-state index contributed by atoms with van der Waals surface area (Å²) in [4.78, 5) is 107. The second-order valence-corrected chi connectivity index (χ2v) is 17.6. The number of alkyl halides is 5. The minimum absolute atomic E-state index is 0.0908. The molecule has 20 nitrogen and oxygen atoms in total. The van der Waals surface area contributed by atoms with E-state index in [1.165, 1.54) is 79.7 Å². The van der Waals surface area contributed by atoms with Crippen LogP contribution in [-0.2, 0) is 76.1 Å². The molecule has 3 aromatic carbocycles. The van der Waals surface area contributed by atoms with Gasteiger partial charge in [-0.2, -0.15) is 0 Å². The molecule has 0 radical (unpaired) electrons. The number of hydrogen-bond donors (Lipinski definition) is 1. The van der Waals surface area contributed by atoms with Gasteiger partial charge in [-0.15, -0.1) is 23.2 Å². The third kappa shape index (κ3) is 15.2. The van der Waals surface area contributed by atoms with Crippen LogP contribution in [0.5, 0.6) is 0 Å². The van der Waals surface area contributed by atoms with Crippen LogP contribution < -0.4 is 0 Å². The first-order valence-electron chi connectivity index (χ1n) is 20.7. The fourth-order valence-electron chi connectivity index (χ4n) is 6.67. The van der Waals surface area contributed by atoms with Crippen LogP contribution in [0.15, 0.2) is 91.0 Å². The average Bonchev–Trinajstić information content (AvgIpc) is 3.35. The van der Waals surface area contributed by atoms with Crippen LogP contribution >= 0.6 is 58.0 Å². The van der Waals surface area contributed by atoms with Crippen molar-refractivity contribution in [2.24, 2.45) is 0 Å². The van der Waals surface area contributed by atoms with E-state index in [0.29, 0.717) is 0 Å². The van der Waals surface area contributed by atoms with Crippen molar-refractivity contribution in [2.45, 2.75) is 85.0 Å². The second kappa shape index (κ2) is 26.0. The molecule has 2 fully saturated rings. The summed E-state index contributed by atoms with van der Waals surface area (Å²) in [6, 6.07) is 21.7. The largest absolute Gasteiger partial charge is 0.467 e. The summed E-state index contributed by atoms with van der Waals surface area (Å²) in [7, 11) is 0.927. The number of carbonyl (C=O) groups excluding carboxylic acids is 8.